The van der Waals surface area contributed by atoms with Crippen LogP contribution in [0, 0.1) is 10.8 Å². The monoisotopic (exact) mass is 255 g/mol. The summed E-state index contributed by atoms with van der Waals surface area (Å²) in [7, 11) is 2.29. The van der Waals surface area contributed by atoms with Gasteiger partial charge in [-0.1, -0.05) is 54.4 Å². The highest BCUT2D eigenvalue weighted by Gasteiger charge is 2.32. The molecule has 0 spiro atoms. The van der Waals surface area contributed by atoms with Crippen molar-refractivity contribution in [1.82, 2.24) is 4.90 Å². The zero-order valence-corrected chi connectivity index (χ0v) is 14.5. The number of rotatable bonds is 7. The molecule has 0 radical (unpaired) electrons. The Bertz CT molecular complexity index is 232. The first-order valence-corrected chi connectivity index (χ1v) is 7.61. The van der Waals surface area contributed by atoms with Gasteiger partial charge in [-0.25, -0.2) is 0 Å². The van der Waals surface area contributed by atoms with Gasteiger partial charge >= 0.3 is 0 Å². The van der Waals surface area contributed by atoms with Crippen molar-refractivity contribution in [2.24, 2.45) is 10.8 Å². The fourth-order valence-electron chi connectivity index (χ4n) is 3.02. The Labute approximate surface area is 116 Å². The van der Waals surface area contributed by atoms with E-state index in [9.17, 15) is 0 Å². The highest BCUT2D eigenvalue weighted by atomic mass is 15.2. The van der Waals surface area contributed by atoms with Gasteiger partial charge in [0.25, 0.3) is 0 Å². The van der Waals surface area contributed by atoms with Crippen molar-refractivity contribution in [1.29, 1.82) is 0 Å². The van der Waals surface area contributed by atoms with E-state index in [1.807, 2.05) is 0 Å². The molecule has 1 nitrogen and oxygen atoms in total. The number of hydrogen-bond acceptors (Lipinski definition) is 1. The smallest absolute Gasteiger partial charge is 0.0155 e. The lowest BCUT2D eigenvalue weighted by atomic mass is 9.79. The Kier molecular flexibility index (Phi) is 6.40. The summed E-state index contributed by atoms with van der Waals surface area (Å²) in [6.45, 7) is 20.1. The van der Waals surface area contributed by atoms with Crippen LogP contribution in [0.4, 0.5) is 0 Å². The molecule has 0 aromatic rings. The molecule has 0 saturated carbocycles. The molecule has 0 atom stereocenters. The van der Waals surface area contributed by atoms with E-state index in [0.717, 1.165) is 0 Å². The minimum Gasteiger partial charge on any atom is -0.301 e. The van der Waals surface area contributed by atoms with Gasteiger partial charge < -0.3 is 4.90 Å². The Balaban J connectivity index is 4.50. The summed E-state index contributed by atoms with van der Waals surface area (Å²) >= 11 is 0. The molecular weight excluding hydrogens is 218 g/mol. The largest absolute Gasteiger partial charge is 0.301 e. The summed E-state index contributed by atoms with van der Waals surface area (Å²) in [6, 6.07) is 0. The van der Waals surface area contributed by atoms with Gasteiger partial charge in [0.1, 0.15) is 0 Å². The first kappa shape index (κ1) is 18.0. The summed E-state index contributed by atoms with van der Waals surface area (Å²) in [5.74, 6) is 0. The minimum absolute atomic E-state index is 0.279. The van der Waals surface area contributed by atoms with Crippen LogP contribution in [0.15, 0.2) is 0 Å². The van der Waals surface area contributed by atoms with Crippen LogP contribution < -0.4 is 0 Å². The van der Waals surface area contributed by atoms with Crippen LogP contribution in [0.25, 0.3) is 0 Å². The number of hydrogen-bond donors (Lipinski definition) is 0. The molecule has 0 aliphatic rings. The van der Waals surface area contributed by atoms with E-state index in [0.29, 0.717) is 10.8 Å². The van der Waals surface area contributed by atoms with Crippen molar-refractivity contribution in [3.8, 4) is 0 Å². The van der Waals surface area contributed by atoms with Crippen molar-refractivity contribution < 1.29 is 0 Å². The Morgan fingerprint density at radius 3 is 1.78 bits per heavy atom. The summed E-state index contributed by atoms with van der Waals surface area (Å²) in [4.78, 5) is 2.56. The van der Waals surface area contributed by atoms with Crippen LogP contribution in [0.3, 0.4) is 0 Å². The topological polar surface area (TPSA) is 3.24 Å². The SMILES string of the molecule is CCCCC(C)(C)CN(C)C(C)(C)CC(C)(C)C. The number of unbranched alkanes of at least 4 members (excludes halogenated alkanes) is 1. The maximum Gasteiger partial charge on any atom is 0.0155 e. The predicted octanol–water partition coefficient (Wildman–Crippen LogP) is 5.35. The molecule has 1 heteroatoms. The molecule has 0 aromatic carbocycles. The second kappa shape index (κ2) is 6.41. The molecule has 0 N–H and O–H groups in total. The van der Waals surface area contributed by atoms with Gasteiger partial charge in [0, 0.05) is 12.1 Å². The van der Waals surface area contributed by atoms with E-state index in [1.54, 1.807) is 0 Å². The molecule has 0 fully saturated rings. The zero-order chi connectivity index (χ0) is 14.6. The first-order valence-electron chi connectivity index (χ1n) is 7.61. The number of nitrogens with zero attached hydrogens (tertiary/aromatic N) is 1. The highest BCUT2D eigenvalue weighted by molar-refractivity contribution is 4.87. The lowest BCUT2D eigenvalue weighted by Crippen LogP contribution is -2.47. The van der Waals surface area contributed by atoms with E-state index in [-0.39, 0.29) is 5.54 Å². The van der Waals surface area contributed by atoms with E-state index < -0.39 is 0 Å². The molecule has 0 amide bonds. The van der Waals surface area contributed by atoms with Crippen molar-refractivity contribution in [2.45, 2.75) is 86.6 Å². The van der Waals surface area contributed by atoms with Gasteiger partial charge in [0.2, 0.25) is 0 Å². The van der Waals surface area contributed by atoms with E-state index in [1.165, 1.54) is 32.2 Å². The lowest BCUT2D eigenvalue weighted by molar-refractivity contribution is 0.0631. The fraction of sp³-hybridized carbons (Fsp3) is 1.00. The Hall–Kier alpha value is -0.0400. The van der Waals surface area contributed by atoms with E-state index in [4.69, 9.17) is 0 Å². The maximum absolute atomic E-state index is 2.56. The van der Waals surface area contributed by atoms with Gasteiger partial charge in [0.05, 0.1) is 0 Å². The van der Waals surface area contributed by atoms with E-state index >= 15 is 0 Å². The van der Waals surface area contributed by atoms with Crippen molar-refractivity contribution >= 4 is 0 Å². The third kappa shape index (κ3) is 7.41. The first-order chi connectivity index (χ1) is 7.90. The van der Waals surface area contributed by atoms with Crippen LogP contribution in [0.2, 0.25) is 0 Å². The van der Waals surface area contributed by atoms with Gasteiger partial charge in [-0.2, -0.15) is 0 Å². The molecule has 0 aliphatic heterocycles. The van der Waals surface area contributed by atoms with Crippen LogP contribution in [0.5, 0.6) is 0 Å². The van der Waals surface area contributed by atoms with Crippen molar-refractivity contribution in [3.63, 3.8) is 0 Å². The molecule has 0 rings (SSSR count). The summed E-state index contributed by atoms with van der Waals surface area (Å²) in [6.07, 6.45) is 5.22. The quantitative estimate of drug-likeness (QED) is 0.593. The van der Waals surface area contributed by atoms with Gasteiger partial charge in [-0.05, 0) is 44.6 Å². The van der Waals surface area contributed by atoms with Gasteiger partial charge in [-0.3, -0.25) is 0 Å². The summed E-state index contributed by atoms with van der Waals surface area (Å²) in [5.41, 5.74) is 1.10. The molecule has 0 aromatic heterocycles. The Morgan fingerprint density at radius 2 is 1.39 bits per heavy atom. The molecule has 0 heterocycles. The minimum atomic E-state index is 0.279. The maximum atomic E-state index is 2.56. The standard InChI is InChI=1S/C17H37N/c1-10-11-12-16(5,6)14-18(9)17(7,8)13-15(2,3)4/h10-14H2,1-9H3. The molecule has 0 aliphatic carbocycles. The summed E-state index contributed by atoms with van der Waals surface area (Å²) in [5, 5.41) is 0. The molecule has 0 unspecified atom stereocenters. The summed E-state index contributed by atoms with van der Waals surface area (Å²) < 4.78 is 0. The average molecular weight is 255 g/mol. The predicted molar refractivity (Wildman–Crippen MR) is 84.1 cm³/mol. The van der Waals surface area contributed by atoms with Gasteiger partial charge in [-0.15, -0.1) is 0 Å². The highest BCUT2D eigenvalue weighted by Crippen LogP contribution is 2.33. The molecule has 110 valence electrons. The molecule has 18 heavy (non-hydrogen) atoms. The van der Waals surface area contributed by atoms with Crippen LogP contribution in [-0.4, -0.2) is 24.0 Å². The van der Waals surface area contributed by atoms with Crippen molar-refractivity contribution in [2.75, 3.05) is 13.6 Å². The van der Waals surface area contributed by atoms with Crippen LogP contribution in [-0.2, 0) is 0 Å². The molecular formula is C17H37N. The average Bonchev–Trinajstić information content (AvgIpc) is 2.10. The van der Waals surface area contributed by atoms with E-state index in [2.05, 4.69) is 67.3 Å². The zero-order valence-electron chi connectivity index (χ0n) is 14.5. The third-order valence-corrected chi connectivity index (χ3v) is 3.87. The Morgan fingerprint density at radius 1 is 0.889 bits per heavy atom. The van der Waals surface area contributed by atoms with Crippen LogP contribution >= 0.6 is 0 Å². The second-order valence-corrected chi connectivity index (χ2v) is 8.67. The van der Waals surface area contributed by atoms with Crippen LogP contribution in [0.1, 0.15) is 81.1 Å². The molecule has 0 saturated heterocycles. The normalized spacial score (nSPS) is 14.3. The second-order valence-electron chi connectivity index (χ2n) is 8.67. The molecule has 0 bridgehead atoms. The fourth-order valence-corrected chi connectivity index (χ4v) is 3.02. The lowest BCUT2D eigenvalue weighted by Gasteiger charge is -2.43. The van der Waals surface area contributed by atoms with Gasteiger partial charge in [0.15, 0.2) is 0 Å². The third-order valence-electron chi connectivity index (χ3n) is 3.87. The van der Waals surface area contributed by atoms with Crippen molar-refractivity contribution in [3.05, 3.63) is 0 Å².